The molecule has 106 valence electrons. The predicted octanol–water partition coefficient (Wildman–Crippen LogP) is 2.34. The summed E-state index contributed by atoms with van der Waals surface area (Å²) in [6.45, 7) is 2.05. The highest BCUT2D eigenvalue weighted by Gasteiger charge is 2.09. The Morgan fingerprint density at radius 2 is 1.90 bits per heavy atom. The van der Waals surface area contributed by atoms with Crippen molar-refractivity contribution in [1.29, 1.82) is 0 Å². The lowest BCUT2D eigenvalue weighted by atomic mass is 10.2. The van der Waals surface area contributed by atoms with Crippen LogP contribution in [0.1, 0.15) is 18.8 Å². The molecule has 0 aliphatic carbocycles. The lowest BCUT2D eigenvalue weighted by molar-refractivity contribution is 0.254. The summed E-state index contributed by atoms with van der Waals surface area (Å²) in [5.41, 5.74) is 1.72. The minimum atomic E-state index is -0.230. The molecule has 0 saturated carbocycles. The van der Waals surface area contributed by atoms with Gasteiger partial charge in [0.2, 0.25) is 0 Å². The molecule has 2 aromatic rings. The Balaban J connectivity index is 2.00. The van der Waals surface area contributed by atoms with Gasteiger partial charge in [-0.05, 0) is 31.2 Å². The molecular formula is C14H19N5O. The van der Waals surface area contributed by atoms with Crippen LogP contribution in [0, 0.1) is 0 Å². The number of anilines is 2. The number of imidazole rings is 1. The van der Waals surface area contributed by atoms with E-state index < -0.39 is 0 Å². The molecule has 0 fully saturated rings. The zero-order valence-electron chi connectivity index (χ0n) is 11.8. The summed E-state index contributed by atoms with van der Waals surface area (Å²) >= 11 is 0. The van der Waals surface area contributed by atoms with Crippen molar-refractivity contribution in [2.24, 2.45) is 7.05 Å². The average Bonchev–Trinajstić information content (AvgIpc) is 2.87. The summed E-state index contributed by atoms with van der Waals surface area (Å²) in [6.07, 6.45) is 3.70. The number of amides is 2. The maximum atomic E-state index is 11.2. The summed E-state index contributed by atoms with van der Waals surface area (Å²) in [5.74, 6) is 0.970. The minimum absolute atomic E-state index is 0.104. The zero-order chi connectivity index (χ0) is 14.5. The highest BCUT2D eigenvalue weighted by molar-refractivity contribution is 5.89. The molecule has 0 saturated heterocycles. The summed E-state index contributed by atoms with van der Waals surface area (Å²) in [7, 11) is 3.55. The predicted molar refractivity (Wildman–Crippen MR) is 79.8 cm³/mol. The Labute approximate surface area is 118 Å². The van der Waals surface area contributed by atoms with E-state index in [0.29, 0.717) is 0 Å². The molecule has 3 N–H and O–H groups in total. The normalized spacial score (nSPS) is 11.8. The van der Waals surface area contributed by atoms with Gasteiger partial charge >= 0.3 is 6.03 Å². The molecule has 1 aromatic heterocycles. The van der Waals surface area contributed by atoms with Gasteiger partial charge in [0.25, 0.3) is 0 Å². The number of benzene rings is 1. The van der Waals surface area contributed by atoms with Crippen LogP contribution in [0.15, 0.2) is 36.7 Å². The smallest absolute Gasteiger partial charge is 0.318 e. The topological polar surface area (TPSA) is 71.0 Å². The van der Waals surface area contributed by atoms with Gasteiger partial charge in [-0.25, -0.2) is 9.78 Å². The highest BCUT2D eigenvalue weighted by Crippen LogP contribution is 2.19. The van der Waals surface area contributed by atoms with Crippen LogP contribution in [0.3, 0.4) is 0 Å². The number of hydrogen-bond donors (Lipinski definition) is 3. The first-order chi connectivity index (χ1) is 9.60. The monoisotopic (exact) mass is 273 g/mol. The largest absolute Gasteiger partial charge is 0.375 e. The molecule has 0 aliphatic heterocycles. The first kappa shape index (κ1) is 13.9. The maximum absolute atomic E-state index is 11.2. The zero-order valence-corrected chi connectivity index (χ0v) is 11.8. The third-order valence-corrected chi connectivity index (χ3v) is 3.00. The number of urea groups is 1. The molecule has 1 heterocycles. The molecule has 6 nitrogen and oxygen atoms in total. The number of aromatic nitrogens is 2. The van der Waals surface area contributed by atoms with Crippen molar-refractivity contribution in [2.75, 3.05) is 17.7 Å². The van der Waals surface area contributed by atoms with Gasteiger partial charge in [0.05, 0.1) is 6.04 Å². The summed E-state index contributed by atoms with van der Waals surface area (Å²) in [6, 6.07) is 7.42. The van der Waals surface area contributed by atoms with Crippen LogP contribution in [-0.2, 0) is 7.05 Å². The van der Waals surface area contributed by atoms with Crippen LogP contribution in [0.25, 0.3) is 0 Å². The number of carbonyl (C=O) groups is 1. The lowest BCUT2D eigenvalue weighted by Gasteiger charge is -2.15. The molecule has 2 rings (SSSR count). The van der Waals surface area contributed by atoms with Crippen LogP contribution in [-0.4, -0.2) is 22.6 Å². The number of hydrogen-bond acceptors (Lipinski definition) is 3. The molecule has 0 radical (unpaired) electrons. The van der Waals surface area contributed by atoms with Gasteiger partial charge in [0, 0.05) is 37.9 Å². The molecule has 6 heteroatoms. The molecule has 0 spiro atoms. The van der Waals surface area contributed by atoms with Gasteiger partial charge < -0.3 is 20.5 Å². The van der Waals surface area contributed by atoms with E-state index in [9.17, 15) is 4.79 Å². The van der Waals surface area contributed by atoms with Crippen molar-refractivity contribution >= 4 is 17.4 Å². The Hall–Kier alpha value is -2.50. The van der Waals surface area contributed by atoms with Crippen molar-refractivity contribution in [3.8, 4) is 0 Å². The molecule has 1 atom stereocenters. The van der Waals surface area contributed by atoms with Gasteiger partial charge in [-0.15, -0.1) is 0 Å². The van der Waals surface area contributed by atoms with E-state index in [2.05, 4.69) is 27.9 Å². The van der Waals surface area contributed by atoms with Crippen molar-refractivity contribution in [2.45, 2.75) is 13.0 Å². The first-order valence-corrected chi connectivity index (χ1v) is 6.42. The second-order valence-electron chi connectivity index (χ2n) is 4.54. The molecular weight excluding hydrogens is 254 g/mol. The fraction of sp³-hybridized carbons (Fsp3) is 0.286. The Morgan fingerprint density at radius 1 is 1.25 bits per heavy atom. The Morgan fingerprint density at radius 3 is 2.45 bits per heavy atom. The van der Waals surface area contributed by atoms with Gasteiger partial charge in [-0.3, -0.25) is 0 Å². The van der Waals surface area contributed by atoms with E-state index in [4.69, 9.17) is 0 Å². The molecule has 0 bridgehead atoms. The lowest BCUT2D eigenvalue weighted by Crippen LogP contribution is -2.24. The van der Waals surface area contributed by atoms with Crippen molar-refractivity contribution in [3.63, 3.8) is 0 Å². The molecule has 0 aliphatic rings. The Bertz CT molecular complexity index is 576. The summed E-state index contributed by atoms with van der Waals surface area (Å²) in [4.78, 5) is 15.5. The standard InChI is InChI=1S/C14H19N5O/c1-10(13-16-8-9-19(13)3)17-11-4-6-12(7-5-11)18-14(20)15-2/h4-10,17H,1-3H3,(H2,15,18,20). The van der Waals surface area contributed by atoms with Crippen molar-refractivity contribution in [3.05, 3.63) is 42.5 Å². The molecule has 20 heavy (non-hydrogen) atoms. The second-order valence-corrected chi connectivity index (χ2v) is 4.54. The SMILES string of the molecule is CNC(=O)Nc1ccc(NC(C)c2nccn2C)cc1. The van der Waals surface area contributed by atoms with E-state index >= 15 is 0 Å². The van der Waals surface area contributed by atoms with E-state index in [1.165, 1.54) is 0 Å². The van der Waals surface area contributed by atoms with Crippen LogP contribution >= 0.6 is 0 Å². The van der Waals surface area contributed by atoms with Crippen LogP contribution in [0.4, 0.5) is 16.2 Å². The quantitative estimate of drug-likeness (QED) is 0.800. The first-order valence-electron chi connectivity index (χ1n) is 6.42. The minimum Gasteiger partial charge on any atom is -0.375 e. The van der Waals surface area contributed by atoms with E-state index in [1.807, 2.05) is 42.1 Å². The third kappa shape index (κ3) is 3.28. The van der Waals surface area contributed by atoms with Crippen LogP contribution in [0.5, 0.6) is 0 Å². The number of aryl methyl sites for hydroxylation is 1. The van der Waals surface area contributed by atoms with Gasteiger partial charge in [-0.1, -0.05) is 0 Å². The number of nitrogens with zero attached hydrogens (tertiary/aromatic N) is 2. The van der Waals surface area contributed by atoms with E-state index in [-0.39, 0.29) is 12.1 Å². The number of carbonyl (C=O) groups excluding carboxylic acids is 1. The van der Waals surface area contributed by atoms with Gasteiger partial charge in [-0.2, -0.15) is 0 Å². The van der Waals surface area contributed by atoms with Crippen LogP contribution < -0.4 is 16.0 Å². The average molecular weight is 273 g/mol. The Kier molecular flexibility index (Phi) is 4.24. The summed E-state index contributed by atoms with van der Waals surface area (Å²) in [5, 5.41) is 8.59. The fourth-order valence-electron chi connectivity index (χ4n) is 1.95. The number of rotatable bonds is 4. The molecule has 2 amide bonds. The van der Waals surface area contributed by atoms with E-state index in [0.717, 1.165) is 17.2 Å². The summed E-state index contributed by atoms with van der Waals surface area (Å²) < 4.78 is 1.99. The maximum Gasteiger partial charge on any atom is 0.318 e. The molecule has 1 aromatic carbocycles. The number of nitrogens with one attached hydrogen (secondary N) is 3. The fourth-order valence-corrected chi connectivity index (χ4v) is 1.95. The van der Waals surface area contributed by atoms with Gasteiger partial charge in [0.15, 0.2) is 0 Å². The van der Waals surface area contributed by atoms with E-state index in [1.54, 1.807) is 13.2 Å². The second kappa shape index (κ2) is 6.10. The van der Waals surface area contributed by atoms with Crippen molar-refractivity contribution < 1.29 is 4.79 Å². The van der Waals surface area contributed by atoms with Gasteiger partial charge in [0.1, 0.15) is 5.82 Å². The third-order valence-electron chi connectivity index (χ3n) is 3.00. The molecule has 1 unspecified atom stereocenters. The van der Waals surface area contributed by atoms with Crippen LogP contribution in [0.2, 0.25) is 0 Å². The highest BCUT2D eigenvalue weighted by atomic mass is 16.2. The van der Waals surface area contributed by atoms with Crippen molar-refractivity contribution in [1.82, 2.24) is 14.9 Å².